The van der Waals surface area contributed by atoms with Crippen LogP contribution < -0.4 is 5.32 Å². The van der Waals surface area contributed by atoms with E-state index in [2.05, 4.69) is 32.3 Å². The number of hydrogen-bond acceptors (Lipinski definition) is 2. The molecule has 0 unspecified atom stereocenters. The summed E-state index contributed by atoms with van der Waals surface area (Å²) in [7, 11) is 0. The summed E-state index contributed by atoms with van der Waals surface area (Å²) in [6.07, 6.45) is 12.5. The van der Waals surface area contributed by atoms with Crippen LogP contribution in [-0.4, -0.2) is 11.5 Å². The van der Waals surface area contributed by atoms with Gasteiger partial charge in [-0.25, -0.2) is 0 Å². The van der Waals surface area contributed by atoms with Gasteiger partial charge in [0.25, 0.3) is 0 Å². The Hall–Kier alpha value is -0.830. The van der Waals surface area contributed by atoms with E-state index in [1.807, 2.05) is 18.5 Å². The quantitative estimate of drug-likeness (QED) is 0.839. The van der Waals surface area contributed by atoms with E-state index in [1.54, 1.807) is 5.57 Å². The minimum atomic E-state index is 1.01. The highest BCUT2D eigenvalue weighted by Gasteiger charge is 2.03. The van der Waals surface area contributed by atoms with E-state index in [1.165, 1.54) is 25.7 Å². The van der Waals surface area contributed by atoms with Crippen molar-refractivity contribution < 1.29 is 0 Å². The van der Waals surface area contributed by atoms with Crippen molar-refractivity contribution in [2.75, 3.05) is 11.9 Å². The molecule has 0 amide bonds. The summed E-state index contributed by atoms with van der Waals surface area (Å²) in [6.45, 7) is 1.01. The lowest BCUT2D eigenvalue weighted by Crippen LogP contribution is -2.04. The van der Waals surface area contributed by atoms with Crippen molar-refractivity contribution in [3.8, 4) is 0 Å². The first-order valence-corrected chi connectivity index (χ1v) is 6.67. The van der Waals surface area contributed by atoms with Crippen LogP contribution in [0.1, 0.15) is 32.1 Å². The molecule has 0 atom stereocenters. The average molecular weight is 281 g/mol. The second-order valence-corrected chi connectivity index (χ2v) is 4.99. The lowest BCUT2D eigenvalue weighted by molar-refractivity contribution is 0.679. The van der Waals surface area contributed by atoms with Crippen molar-refractivity contribution in [2.45, 2.75) is 32.1 Å². The molecule has 1 aliphatic rings. The van der Waals surface area contributed by atoms with Gasteiger partial charge in [-0.2, -0.15) is 0 Å². The molecule has 0 aromatic carbocycles. The number of nitrogens with zero attached hydrogens (tertiary/aromatic N) is 1. The predicted molar refractivity (Wildman–Crippen MR) is 71.6 cm³/mol. The molecule has 1 aromatic heterocycles. The lowest BCUT2D eigenvalue weighted by atomic mass is 9.97. The van der Waals surface area contributed by atoms with E-state index in [0.29, 0.717) is 0 Å². The van der Waals surface area contributed by atoms with Crippen LogP contribution in [0.4, 0.5) is 5.69 Å². The minimum Gasteiger partial charge on any atom is -0.384 e. The molecule has 2 rings (SSSR count). The van der Waals surface area contributed by atoms with Gasteiger partial charge in [0.05, 0.1) is 10.2 Å². The number of halogens is 1. The van der Waals surface area contributed by atoms with Crippen molar-refractivity contribution in [1.29, 1.82) is 0 Å². The van der Waals surface area contributed by atoms with Crippen LogP contribution in [0.2, 0.25) is 0 Å². The second kappa shape index (κ2) is 6.04. The Morgan fingerprint density at radius 3 is 3.06 bits per heavy atom. The predicted octanol–water partition coefficient (Wildman–Crippen LogP) is 4.15. The maximum Gasteiger partial charge on any atom is 0.0590 e. The van der Waals surface area contributed by atoms with Gasteiger partial charge in [0.15, 0.2) is 0 Å². The van der Waals surface area contributed by atoms with Crippen LogP contribution in [0.25, 0.3) is 0 Å². The molecule has 1 aromatic rings. The molecular formula is C13H17BrN2. The summed E-state index contributed by atoms with van der Waals surface area (Å²) in [5.74, 6) is 0. The fraction of sp³-hybridized carbons (Fsp3) is 0.462. The molecule has 2 nitrogen and oxygen atoms in total. The maximum absolute atomic E-state index is 4.04. The molecule has 0 fully saturated rings. The third-order valence-electron chi connectivity index (χ3n) is 2.92. The van der Waals surface area contributed by atoms with E-state index in [9.17, 15) is 0 Å². The van der Waals surface area contributed by atoms with Gasteiger partial charge in [0.2, 0.25) is 0 Å². The monoisotopic (exact) mass is 280 g/mol. The molecule has 0 radical (unpaired) electrons. The third-order valence-corrected chi connectivity index (χ3v) is 3.55. The van der Waals surface area contributed by atoms with Crippen molar-refractivity contribution >= 4 is 21.6 Å². The zero-order valence-corrected chi connectivity index (χ0v) is 11.0. The number of anilines is 1. The van der Waals surface area contributed by atoms with Crippen LogP contribution in [0.15, 0.2) is 34.6 Å². The Balaban J connectivity index is 1.80. The Labute approximate surface area is 105 Å². The number of rotatable bonds is 4. The van der Waals surface area contributed by atoms with Crippen LogP contribution in [0.5, 0.6) is 0 Å². The number of allylic oxidation sites excluding steroid dienone is 1. The Morgan fingerprint density at radius 2 is 2.31 bits per heavy atom. The van der Waals surface area contributed by atoms with Gasteiger partial charge in [-0.1, -0.05) is 11.6 Å². The molecule has 1 aliphatic carbocycles. The van der Waals surface area contributed by atoms with Crippen molar-refractivity contribution in [1.82, 2.24) is 4.98 Å². The van der Waals surface area contributed by atoms with Gasteiger partial charge in [-0.05, 0) is 54.1 Å². The standard InChI is InChI=1S/C13H17BrN2/c14-12-10-15-8-7-13(12)16-9-6-11-4-2-1-3-5-11/h4,7-8,10H,1-3,5-6,9H2,(H,15,16). The first-order chi connectivity index (χ1) is 7.86. The van der Waals surface area contributed by atoms with Crippen molar-refractivity contribution in [3.63, 3.8) is 0 Å². The summed E-state index contributed by atoms with van der Waals surface area (Å²) in [5, 5.41) is 3.43. The summed E-state index contributed by atoms with van der Waals surface area (Å²) in [6, 6.07) is 2.00. The van der Waals surface area contributed by atoms with Crippen molar-refractivity contribution in [3.05, 3.63) is 34.6 Å². The van der Waals surface area contributed by atoms with Gasteiger partial charge >= 0.3 is 0 Å². The third kappa shape index (κ3) is 3.34. The first-order valence-electron chi connectivity index (χ1n) is 5.87. The molecular weight excluding hydrogens is 264 g/mol. The average Bonchev–Trinajstić information content (AvgIpc) is 2.33. The molecule has 1 N–H and O–H groups in total. The zero-order valence-electron chi connectivity index (χ0n) is 9.38. The number of nitrogens with one attached hydrogen (secondary N) is 1. The number of aromatic nitrogens is 1. The van der Waals surface area contributed by atoms with Gasteiger partial charge in [0.1, 0.15) is 0 Å². The van der Waals surface area contributed by atoms with Gasteiger partial charge < -0.3 is 5.32 Å². The fourth-order valence-corrected chi connectivity index (χ4v) is 2.40. The number of hydrogen-bond donors (Lipinski definition) is 1. The Morgan fingerprint density at radius 1 is 1.38 bits per heavy atom. The molecule has 0 saturated carbocycles. The summed E-state index contributed by atoms with van der Waals surface area (Å²) in [5.41, 5.74) is 2.75. The highest BCUT2D eigenvalue weighted by Crippen LogP contribution is 2.22. The number of pyridine rings is 1. The molecule has 0 aliphatic heterocycles. The van der Waals surface area contributed by atoms with E-state index in [0.717, 1.165) is 23.1 Å². The van der Waals surface area contributed by atoms with E-state index < -0.39 is 0 Å². The SMILES string of the molecule is Brc1cnccc1NCCC1=CCCCC1. The summed E-state index contributed by atoms with van der Waals surface area (Å²) < 4.78 is 1.03. The highest BCUT2D eigenvalue weighted by molar-refractivity contribution is 9.10. The molecule has 0 spiro atoms. The largest absolute Gasteiger partial charge is 0.384 e. The van der Waals surface area contributed by atoms with Gasteiger partial charge in [0, 0.05) is 18.9 Å². The van der Waals surface area contributed by atoms with E-state index >= 15 is 0 Å². The molecule has 0 saturated heterocycles. The van der Waals surface area contributed by atoms with E-state index in [4.69, 9.17) is 0 Å². The van der Waals surface area contributed by atoms with Crippen LogP contribution in [0.3, 0.4) is 0 Å². The Kier molecular flexibility index (Phi) is 4.40. The molecule has 3 heteroatoms. The lowest BCUT2D eigenvalue weighted by Gasteiger charge is -2.13. The van der Waals surface area contributed by atoms with Crippen LogP contribution >= 0.6 is 15.9 Å². The topological polar surface area (TPSA) is 24.9 Å². The normalized spacial score (nSPS) is 15.7. The highest BCUT2D eigenvalue weighted by atomic mass is 79.9. The molecule has 1 heterocycles. The minimum absolute atomic E-state index is 1.01. The van der Waals surface area contributed by atoms with Gasteiger partial charge in [-0.15, -0.1) is 0 Å². The molecule has 0 bridgehead atoms. The fourth-order valence-electron chi connectivity index (χ4n) is 2.01. The smallest absolute Gasteiger partial charge is 0.0590 e. The molecule has 16 heavy (non-hydrogen) atoms. The molecule has 86 valence electrons. The summed E-state index contributed by atoms with van der Waals surface area (Å²) in [4.78, 5) is 4.04. The van der Waals surface area contributed by atoms with Gasteiger partial charge in [-0.3, -0.25) is 4.98 Å². The first kappa shape index (κ1) is 11.6. The second-order valence-electron chi connectivity index (χ2n) is 4.14. The van der Waals surface area contributed by atoms with Crippen LogP contribution in [0, 0.1) is 0 Å². The maximum atomic E-state index is 4.04. The Bertz CT molecular complexity index is 374. The van der Waals surface area contributed by atoms with Crippen LogP contribution in [-0.2, 0) is 0 Å². The van der Waals surface area contributed by atoms with Crippen molar-refractivity contribution in [2.24, 2.45) is 0 Å². The summed E-state index contributed by atoms with van der Waals surface area (Å²) >= 11 is 3.48. The van der Waals surface area contributed by atoms with E-state index in [-0.39, 0.29) is 0 Å². The zero-order chi connectivity index (χ0) is 11.2.